The Morgan fingerprint density at radius 2 is 0.811 bits per heavy atom. The third kappa shape index (κ3) is 9.50. The van der Waals surface area contributed by atoms with Crippen molar-refractivity contribution in [1.82, 2.24) is 9.80 Å². The molecule has 2 N–H and O–H groups in total. The fourth-order valence-electron chi connectivity index (χ4n) is 12.5. The van der Waals surface area contributed by atoms with Gasteiger partial charge in [-0.15, -0.1) is 0 Å². The molecule has 2 aliphatic carbocycles. The van der Waals surface area contributed by atoms with Gasteiger partial charge < -0.3 is 38.6 Å². The maximum absolute atomic E-state index is 11.2. The van der Waals surface area contributed by atoms with E-state index in [4.69, 9.17) is 28.4 Å². The van der Waals surface area contributed by atoms with Crippen LogP contribution in [0.25, 0.3) is 0 Å². The normalized spacial score (nSPS) is 35.1. The zero-order chi connectivity index (χ0) is 38.5. The second-order valence-electron chi connectivity index (χ2n) is 21.1. The van der Waals surface area contributed by atoms with Crippen LogP contribution < -0.4 is 0 Å². The molecular weight excluding hydrogens is 672 g/mol. The van der Waals surface area contributed by atoms with E-state index in [1.165, 1.54) is 25.7 Å². The predicted molar refractivity (Wildman–Crippen MR) is 207 cm³/mol. The second kappa shape index (κ2) is 15.7. The lowest BCUT2D eigenvalue weighted by Gasteiger charge is -2.58. The molecule has 2 atom stereocenters. The summed E-state index contributed by atoms with van der Waals surface area (Å²) in [5.41, 5.74) is -0.346. The largest absolute Gasteiger partial charge is 0.389 e. The Morgan fingerprint density at radius 1 is 0.528 bits per heavy atom. The van der Waals surface area contributed by atoms with Gasteiger partial charge in [-0.1, -0.05) is 13.8 Å². The summed E-state index contributed by atoms with van der Waals surface area (Å²) >= 11 is 0. The molecule has 6 aliphatic rings. The van der Waals surface area contributed by atoms with Crippen LogP contribution >= 0.6 is 0 Å². The maximum atomic E-state index is 11.2. The van der Waals surface area contributed by atoms with Crippen LogP contribution in [-0.4, -0.2) is 131 Å². The quantitative estimate of drug-likeness (QED) is 0.225. The van der Waals surface area contributed by atoms with Crippen LogP contribution in [-0.2, 0) is 28.4 Å². The first-order valence-corrected chi connectivity index (χ1v) is 21.4. The predicted octanol–water partition coefficient (Wildman–Crippen LogP) is 6.68. The summed E-state index contributed by atoms with van der Waals surface area (Å²) in [6, 6.07) is 0. The molecule has 2 unspecified atom stereocenters. The van der Waals surface area contributed by atoms with Gasteiger partial charge in [-0.2, -0.15) is 0 Å². The van der Waals surface area contributed by atoms with Gasteiger partial charge in [0.1, 0.15) is 0 Å². The molecular formula is C43H78N2O8. The van der Waals surface area contributed by atoms with Gasteiger partial charge in [0, 0.05) is 60.9 Å². The van der Waals surface area contributed by atoms with Crippen LogP contribution in [0.5, 0.6) is 0 Å². The molecule has 308 valence electrons. The van der Waals surface area contributed by atoms with Gasteiger partial charge in [0.2, 0.25) is 0 Å². The summed E-state index contributed by atoms with van der Waals surface area (Å²) in [7, 11) is 0. The number of ether oxygens (including phenoxy) is 6. The molecule has 0 radical (unpaired) electrons. The molecule has 4 heterocycles. The van der Waals surface area contributed by atoms with E-state index in [2.05, 4.69) is 79.0 Å². The van der Waals surface area contributed by atoms with E-state index < -0.39 is 23.8 Å². The van der Waals surface area contributed by atoms with Crippen LogP contribution in [0.1, 0.15) is 146 Å². The Hall–Kier alpha value is -0.400. The molecule has 6 fully saturated rings. The summed E-state index contributed by atoms with van der Waals surface area (Å²) < 4.78 is 37.2. The molecule has 6 rings (SSSR count). The lowest BCUT2D eigenvalue weighted by molar-refractivity contribution is -0.243. The van der Waals surface area contributed by atoms with Crippen molar-refractivity contribution >= 4 is 0 Å². The number of piperidine rings is 2. The van der Waals surface area contributed by atoms with E-state index in [9.17, 15) is 10.2 Å². The van der Waals surface area contributed by atoms with Crippen molar-refractivity contribution in [2.75, 3.05) is 52.7 Å². The molecule has 0 aromatic rings. The number of aliphatic hydroxyl groups excluding tert-OH is 2. The first kappa shape index (κ1) is 42.2. The van der Waals surface area contributed by atoms with Gasteiger partial charge in [-0.05, 0) is 124 Å². The second-order valence-corrected chi connectivity index (χ2v) is 21.1. The molecule has 53 heavy (non-hydrogen) atoms. The van der Waals surface area contributed by atoms with E-state index >= 15 is 0 Å². The van der Waals surface area contributed by atoms with Crippen molar-refractivity contribution in [2.45, 2.75) is 204 Å². The van der Waals surface area contributed by atoms with Gasteiger partial charge in [-0.25, -0.2) is 0 Å². The van der Waals surface area contributed by atoms with E-state index in [-0.39, 0.29) is 39.8 Å². The van der Waals surface area contributed by atoms with Crippen LogP contribution in [0.4, 0.5) is 0 Å². The number of hydrogen-bond donors (Lipinski definition) is 2. The van der Waals surface area contributed by atoms with Crippen molar-refractivity contribution in [3.63, 3.8) is 0 Å². The summed E-state index contributed by atoms with van der Waals surface area (Å²) in [5, 5.41) is 22.4. The Bertz CT molecular complexity index is 1060. The number of aliphatic hydroxyl groups is 2. The van der Waals surface area contributed by atoms with Crippen molar-refractivity contribution in [1.29, 1.82) is 0 Å². The summed E-state index contributed by atoms with van der Waals surface area (Å²) in [6.07, 6.45) is 11.6. The zero-order valence-electron chi connectivity index (χ0n) is 35.3. The van der Waals surface area contributed by atoms with E-state index in [0.717, 1.165) is 51.4 Å². The van der Waals surface area contributed by atoms with Gasteiger partial charge >= 0.3 is 0 Å². The molecule has 0 aromatic heterocycles. The topological polar surface area (TPSA) is 102 Å². The monoisotopic (exact) mass is 751 g/mol. The third-order valence-corrected chi connectivity index (χ3v) is 14.6. The molecule has 0 bridgehead atoms. The highest BCUT2D eigenvalue weighted by atomic mass is 16.7. The number of nitrogens with zero attached hydrogens (tertiary/aromatic N) is 2. The molecule has 2 spiro atoms. The molecule has 0 amide bonds. The van der Waals surface area contributed by atoms with E-state index in [1.807, 2.05) is 0 Å². The highest BCUT2D eigenvalue weighted by Gasteiger charge is 2.57. The van der Waals surface area contributed by atoms with Gasteiger partial charge in [-0.3, -0.25) is 9.80 Å². The standard InChI is InChI=1S/C43H78N2O8/c1-37(2)27-42(50-19-20-51-42)28-38(3,4)44(37)23-33(46)25-48-35-15-11-31(12-16-35)41(9,10)32-13-17-36(18-14-32)49-26-34(47)24-45-39(5,6)29-43(30-40(45,7)8)52-21-22-53-43/h31-36,46-47H,11-30H2,1-10H3. The smallest absolute Gasteiger partial charge is 0.171 e. The van der Waals surface area contributed by atoms with E-state index in [0.29, 0.717) is 64.6 Å². The molecule has 10 heteroatoms. The summed E-state index contributed by atoms with van der Waals surface area (Å²) in [5.74, 6) is 0.385. The van der Waals surface area contributed by atoms with Gasteiger partial charge in [0.15, 0.2) is 11.6 Å². The molecule has 4 saturated heterocycles. The minimum absolute atomic E-state index is 0.156. The van der Waals surface area contributed by atoms with Crippen LogP contribution in [0, 0.1) is 17.3 Å². The Kier molecular flexibility index (Phi) is 12.5. The highest BCUT2D eigenvalue weighted by Crippen LogP contribution is 2.51. The summed E-state index contributed by atoms with van der Waals surface area (Å²) in [4.78, 5) is 4.89. The maximum Gasteiger partial charge on any atom is 0.171 e. The lowest BCUT2D eigenvalue weighted by atomic mass is 9.60. The van der Waals surface area contributed by atoms with Crippen LogP contribution in [0.15, 0.2) is 0 Å². The zero-order valence-corrected chi connectivity index (χ0v) is 35.3. The Morgan fingerprint density at radius 3 is 1.09 bits per heavy atom. The first-order valence-electron chi connectivity index (χ1n) is 21.4. The average Bonchev–Trinajstić information content (AvgIpc) is 3.70. The van der Waals surface area contributed by atoms with Crippen LogP contribution in [0.3, 0.4) is 0 Å². The molecule has 0 aromatic carbocycles. The Labute approximate surface area is 322 Å². The van der Waals surface area contributed by atoms with Crippen LogP contribution in [0.2, 0.25) is 0 Å². The highest BCUT2D eigenvalue weighted by molar-refractivity contribution is 5.06. The minimum atomic E-state index is -0.529. The fourth-order valence-corrected chi connectivity index (χ4v) is 12.5. The molecule has 4 aliphatic heterocycles. The summed E-state index contributed by atoms with van der Waals surface area (Å²) in [6.45, 7) is 27.6. The number of likely N-dealkylation sites (tertiary alicyclic amines) is 2. The van der Waals surface area contributed by atoms with Crippen molar-refractivity contribution in [3.8, 4) is 0 Å². The third-order valence-electron chi connectivity index (χ3n) is 14.6. The minimum Gasteiger partial charge on any atom is -0.389 e. The number of rotatable bonds is 12. The van der Waals surface area contributed by atoms with Gasteiger partial charge in [0.05, 0.1) is 64.1 Å². The number of β-amino-alcohol motifs (C(OH)–C–C–N with tert-alkyl or cyclic N) is 2. The molecule has 2 saturated carbocycles. The molecule has 10 nitrogen and oxygen atoms in total. The first-order chi connectivity index (χ1) is 24.7. The van der Waals surface area contributed by atoms with Crippen molar-refractivity contribution in [3.05, 3.63) is 0 Å². The van der Waals surface area contributed by atoms with Crippen molar-refractivity contribution in [2.24, 2.45) is 17.3 Å². The fraction of sp³-hybridized carbons (Fsp3) is 1.00. The lowest BCUT2D eigenvalue weighted by Crippen LogP contribution is -2.67. The Balaban J connectivity index is 0.891. The van der Waals surface area contributed by atoms with E-state index in [1.54, 1.807) is 0 Å². The SMILES string of the molecule is CC(C)(C1CCC(OCC(O)CN2C(C)(C)CC3(CC2(C)C)OCCO3)CC1)C1CCC(OCC(O)CN2C(C)(C)CC3(CC2(C)C)OCCO3)CC1. The van der Waals surface area contributed by atoms with Crippen molar-refractivity contribution < 1.29 is 38.6 Å². The van der Waals surface area contributed by atoms with Gasteiger partial charge in [0.25, 0.3) is 0 Å². The number of hydrogen-bond acceptors (Lipinski definition) is 10. The average molecular weight is 751 g/mol.